The lowest BCUT2D eigenvalue weighted by Gasteiger charge is -2.22. The van der Waals surface area contributed by atoms with Gasteiger partial charge < -0.3 is 16.0 Å². The molecule has 6 nitrogen and oxygen atoms in total. The lowest BCUT2D eigenvalue weighted by molar-refractivity contribution is -0.116. The summed E-state index contributed by atoms with van der Waals surface area (Å²) in [7, 11) is 1.81. The van der Waals surface area contributed by atoms with Crippen LogP contribution in [0.5, 0.6) is 0 Å². The third-order valence-electron chi connectivity index (χ3n) is 2.75. The SMILES string of the molecule is CCNc1nc(C(C)C)nc(N(C)CC(N)=O)c1C. The Kier molecular flexibility index (Phi) is 5.09. The van der Waals surface area contributed by atoms with Crippen molar-refractivity contribution in [1.29, 1.82) is 0 Å². The highest BCUT2D eigenvalue weighted by Crippen LogP contribution is 2.25. The summed E-state index contributed by atoms with van der Waals surface area (Å²) in [5, 5.41) is 3.23. The predicted octanol–water partition coefficient (Wildman–Crippen LogP) is 1.26. The van der Waals surface area contributed by atoms with Gasteiger partial charge in [-0.05, 0) is 13.8 Å². The molecule has 1 heterocycles. The molecule has 6 heteroatoms. The maximum absolute atomic E-state index is 11.0. The van der Waals surface area contributed by atoms with E-state index in [4.69, 9.17) is 5.73 Å². The Morgan fingerprint density at radius 3 is 2.53 bits per heavy atom. The van der Waals surface area contributed by atoms with Crippen molar-refractivity contribution in [2.75, 3.05) is 30.4 Å². The van der Waals surface area contributed by atoms with E-state index >= 15 is 0 Å². The number of anilines is 2. The van der Waals surface area contributed by atoms with E-state index in [1.165, 1.54) is 0 Å². The Hall–Kier alpha value is -1.85. The molecule has 106 valence electrons. The van der Waals surface area contributed by atoms with Crippen molar-refractivity contribution < 1.29 is 4.79 Å². The van der Waals surface area contributed by atoms with Crippen LogP contribution in [0.4, 0.5) is 11.6 Å². The molecule has 0 unspecified atom stereocenters. The lowest BCUT2D eigenvalue weighted by atomic mass is 10.2. The minimum atomic E-state index is -0.378. The highest BCUT2D eigenvalue weighted by Gasteiger charge is 2.16. The van der Waals surface area contributed by atoms with E-state index in [1.54, 1.807) is 11.9 Å². The number of likely N-dealkylation sites (N-methyl/N-ethyl adjacent to an activating group) is 1. The molecule has 0 atom stereocenters. The van der Waals surface area contributed by atoms with Crippen LogP contribution in [0.2, 0.25) is 0 Å². The van der Waals surface area contributed by atoms with Crippen molar-refractivity contribution in [3.8, 4) is 0 Å². The van der Waals surface area contributed by atoms with Crippen LogP contribution in [0, 0.1) is 6.92 Å². The fourth-order valence-electron chi connectivity index (χ4n) is 1.80. The second-order valence-electron chi connectivity index (χ2n) is 4.89. The first-order chi connectivity index (χ1) is 8.86. The molecule has 0 radical (unpaired) electrons. The first-order valence-electron chi connectivity index (χ1n) is 6.48. The standard InChI is InChI=1S/C13H23N5O/c1-6-15-12-9(4)13(18(5)7-10(14)19)17-11(16-12)8(2)3/h8H,6-7H2,1-5H3,(H2,14,19)(H,15,16,17). The van der Waals surface area contributed by atoms with Crippen LogP contribution >= 0.6 is 0 Å². The van der Waals surface area contributed by atoms with Gasteiger partial charge in [0.1, 0.15) is 17.5 Å². The summed E-state index contributed by atoms with van der Waals surface area (Å²) in [6, 6.07) is 0. The molecule has 0 saturated heterocycles. The van der Waals surface area contributed by atoms with E-state index in [0.29, 0.717) is 0 Å². The Morgan fingerprint density at radius 1 is 1.42 bits per heavy atom. The summed E-state index contributed by atoms with van der Waals surface area (Å²) in [6.45, 7) is 8.96. The lowest BCUT2D eigenvalue weighted by Crippen LogP contribution is -2.32. The fraction of sp³-hybridized carbons (Fsp3) is 0.615. The minimum absolute atomic E-state index is 0.140. The van der Waals surface area contributed by atoms with Crippen molar-refractivity contribution in [2.45, 2.75) is 33.6 Å². The molecule has 1 rings (SSSR count). The number of aromatic nitrogens is 2. The van der Waals surface area contributed by atoms with E-state index in [1.807, 2.05) is 27.7 Å². The first-order valence-corrected chi connectivity index (χ1v) is 6.48. The van der Waals surface area contributed by atoms with E-state index < -0.39 is 0 Å². The van der Waals surface area contributed by atoms with Gasteiger partial charge in [-0.15, -0.1) is 0 Å². The third kappa shape index (κ3) is 3.81. The molecule has 0 aliphatic carbocycles. The Bertz CT molecular complexity index is 459. The molecule has 1 aromatic rings. The van der Waals surface area contributed by atoms with Gasteiger partial charge in [-0.25, -0.2) is 9.97 Å². The van der Waals surface area contributed by atoms with Gasteiger partial charge in [-0.3, -0.25) is 4.79 Å². The number of rotatable bonds is 6. The van der Waals surface area contributed by atoms with Crippen LogP contribution in [-0.4, -0.2) is 36.0 Å². The van der Waals surface area contributed by atoms with Gasteiger partial charge in [0, 0.05) is 25.1 Å². The Labute approximate surface area is 114 Å². The van der Waals surface area contributed by atoms with Crippen LogP contribution in [0.25, 0.3) is 0 Å². The van der Waals surface area contributed by atoms with Crippen LogP contribution in [0.3, 0.4) is 0 Å². The number of carbonyl (C=O) groups is 1. The van der Waals surface area contributed by atoms with E-state index in [9.17, 15) is 4.79 Å². The second kappa shape index (κ2) is 6.36. The maximum atomic E-state index is 11.0. The molecule has 3 N–H and O–H groups in total. The second-order valence-corrected chi connectivity index (χ2v) is 4.89. The van der Waals surface area contributed by atoms with E-state index in [-0.39, 0.29) is 18.4 Å². The van der Waals surface area contributed by atoms with Crippen molar-refractivity contribution in [2.24, 2.45) is 5.73 Å². The number of nitrogens with zero attached hydrogens (tertiary/aromatic N) is 3. The molecule has 0 aliphatic heterocycles. The summed E-state index contributed by atoms with van der Waals surface area (Å²) in [5.41, 5.74) is 6.16. The highest BCUT2D eigenvalue weighted by atomic mass is 16.1. The van der Waals surface area contributed by atoms with Gasteiger partial charge in [0.2, 0.25) is 5.91 Å². The van der Waals surface area contributed by atoms with Crippen molar-refractivity contribution >= 4 is 17.5 Å². The molecule has 19 heavy (non-hydrogen) atoms. The predicted molar refractivity (Wildman–Crippen MR) is 77.5 cm³/mol. The van der Waals surface area contributed by atoms with Crippen molar-refractivity contribution in [3.05, 3.63) is 11.4 Å². The number of carbonyl (C=O) groups excluding carboxylic acids is 1. The van der Waals surface area contributed by atoms with E-state index in [0.717, 1.165) is 29.6 Å². The molecular formula is C13H23N5O. The monoisotopic (exact) mass is 265 g/mol. The minimum Gasteiger partial charge on any atom is -0.370 e. The van der Waals surface area contributed by atoms with Crippen molar-refractivity contribution in [1.82, 2.24) is 9.97 Å². The maximum Gasteiger partial charge on any atom is 0.236 e. The molecule has 0 spiro atoms. The molecule has 1 aromatic heterocycles. The zero-order chi connectivity index (χ0) is 14.6. The number of hydrogen-bond donors (Lipinski definition) is 2. The fourth-order valence-corrected chi connectivity index (χ4v) is 1.80. The van der Waals surface area contributed by atoms with Gasteiger partial charge in [-0.1, -0.05) is 13.8 Å². The highest BCUT2D eigenvalue weighted by molar-refractivity contribution is 5.79. The number of hydrogen-bond acceptors (Lipinski definition) is 5. The molecule has 1 amide bonds. The van der Waals surface area contributed by atoms with Gasteiger partial charge in [0.15, 0.2) is 0 Å². The van der Waals surface area contributed by atoms with Crippen LogP contribution in [0.1, 0.15) is 38.1 Å². The molecule has 0 aliphatic rings. The number of primary amides is 1. The first kappa shape index (κ1) is 15.2. The number of amides is 1. The largest absolute Gasteiger partial charge is 0.370 e. The van der Waals surface area contributed by atoms with Gasteiger partial charge in [0.05, 0.1) is 6.54 Å². The Morgan fingerprint density at radius 2 is 2.05 bits per heavy atom. The van der Waals surface area contributed by atoms with E-state index in [2.05, 4.69) is 15.3 Å². The molecule has 0 fully saturated rings. The molecular weight excluding hydrogens is 242 g/mol. The van der Waals surface area contributed by atoms with Crippen molar-refractivity contribution in [3.63, 3.8) is 0 Å². The summed E-state index contributed by atoms with van der Waals surface area (Å²) in [5.74, 6) is 2.16. The average molecular weight is 265 g/mol. The van der Waals surface area contributed by atoms with Gasteiger partial charge >= 0.3 is 0 Å². The quantitative estimate of drug-likeness (QED) is 0.809. The smallest absolute Gasteiger partial charge is 0.236 e. The van der Waals surface area contributed by atoms with Gasteiger partial charge in [-0.2, -0.15) is 0 Å². The molecule has 0 aromatic carbocycles. The number of nitrogens with two attached hydrogens (primary N) is 1. The van der Waals surface area contributed by atoms with Crippen LogP contribution < -0.4 is 16.0 Å². The molecule has 0 saturated carbocycles. The average Bonchev–Trinajstić information content (AvgIpc) is 2.30. The topological polar surface area (TPSA) is 84.1 Å². The zero-order valence-corrected chi connectivity index (χ0v) is 12.3. The summed E-state index contributed by atoms with van der Waals surface area (Å²) in [6.07, 6.45) is 0. The van der Waals surface area contributed by atoms with Gasteiger partial charge in [0.25, 0.3) is 0 Å². The normalized spacial score (nSPS) is 10.6. The summed E-state index contributed by atoms with van der Waals surface area (Å²) >= 11 is 0. The van der Waals surface area contributed by atoms with Crippen LogP contribution in [0.15, 0.2) is 0 Å². The molecule has 0 bridgehead atoms. The number of nitrogens with one attached hydrogen (secondary N) is 1. The van der Waals surface area contributed by atoms with Crippen LogP contribution in [-0.2, 0) is 4.79 Å². The zero-order valence-electron chi connectivity index (χ0n) is 12.3. The summed E-state index contributed by atoms with van der Waals surface area (Å²) < 4.78 is 0. The third-order valence-corrected chi connectivity index (χ3v) is 2.75. The Balaban J connectivity index is 3.24. The summed E-state index contributed by atoms with van der Waals surface area (Å²) in [4.78, 5) is 21.9.